The zero-order valence-electron chi connectivity index (χ0n) is 14.1. The molecular formula is C16H25ClN6S. The molecule has 0 saturated carbocycles. The summed E-state index contributed by atoms with van der Waals surface area (Å²) in [6, 6.07) is 0. The fourth-order valence-corrected chi connectivity index (χ4v) is 4.45. The average Bonchev–Trinajstić information content (AvgIpc) is 3.22. The number of hydrogen-bond acceptors (Lipinski definition) is 6. The zero-order valence-corrected chi connectivity index (χ0v) is 15.7. The second-order valence-electron chi connectivity index (χ2n) is 6.43. The average molecular weight is 369 g/mol. The van der Waals surface area contributed by atoms with Gasteiger partial charge in [-0.05, 0) is 32.4 Å². The van der Waals surface area contributed by atoms with Gasteiger partial charge < -0.3 is 9.88 Å². The minimum atomic E-state index is 0. The third-order valence-electron chi connectivity index (χ3n) is 4.91. The monoisotopic (exact) mass is 368 g/mol. The van der Waals surface area contributed by atoms with Crippen LogP contribution in [0.25, 0.3) is 0 Å². The van der Waals surface area contributed by atoms with E-state index in [0.29, 0.717) is 5.92 Å². The van der Waals surface area contributed by atoms with Gasteiger partial charge in [-0.15, -0.1) is 33.9 Å². The summed E-state index contributed by atoms with van der Waals surface area (Å²) in [5.74, 6) is 2.88. The quantitative estimate of drug-likeness (QED) is 0.896. The summed E-state index contributed by atoms with van der Waals surface area (Å²) in [6.07, 6.45) is 5.48. The molecule has 1 fully saturated rings. The van der Waals surface area contributed by atoms with Crippen LogP contribution >= 0.6 is 23.7 Å². The van der Waals surface area contributed by atoms with Crippen molar-refractivity contribution in [2.24, 2.45) is 0 Å². The maximum Gasteiger partial charge on any atom is 0.147 e. The summed E-state index contributed by atoms with van der Waals surface area (Å²) in [7, 11) is 0. The normalized spacial score (nSPS) is 19.0. The lowest BCUT2D eigenvalue weighted by atomic mass is 9.96. The number of thiazole rings is 1. The second kappa shape index (κ2) is 7.91. The number of hydrogen-bond donors (Lipinski definition) is 1. The highest BCUT2D eigenvalue weighted by Crippen LogP contribution is 2.29. The van der Waals surface area contributed by atoms with Gasteiger partial charge in [0, 0.05) is 30.1 Å². The fraction of sp³-hybridized carbons (Fsp3) is 0.688. The largest absolute Gasteiger partial charge is 0.312 e. The molecule has 8 heteroatoms. The Bertz CT molecular complexity index is 661. The van der Waals surface area contributed by atoms with E-state index in [0.717, 1.165) is 51.5 Å². The van der Waals surface area contributed by atoms with Gasteiger partial charge in [-0.25, -0.2) is 4.98 Å². The lowest BCUT2D eigenvalue weighted by Gasteiger charge is -2.31. The Morgan fingerprint density at radius 1 is 1.25 bits per heavy atom. The van der Waals surface area contributed by atoms with Crippen molar-refractivity contribution < 1.29 is 0 Å². The summed E-state index contributed by atoms with van der Waals surface area (Å²) < 4.78 is 2.34. The van der Waals surface area contributed by atoms with E-state index in [1.54, 1.807) is 0 Å². The van der Waals surface area contributed by atoms with Gasteiger partial charge in [-0.2, -0.15) is 0 Å². The Kier molecular flexibility index (Phi) is 5.86. The molecule has 132 valence electrons. The van der Waals surface area contributed by atoms with E-state index in [4.69, 9.17) is 0 Å². The van der Waals surface area contributed by atoms with E-state index in [1.807, 2.05) is 17.5 Å². The first-order valence-corrected chi connectivity index (χ1v) is 9.43. The molecule has 0 atom stereocenters. The van der Waals surface area contributed by atoms with Crippen LogP contribution in [0.1, 0.15) is 47.2 Å². The number of nitrogens with one attached hydrogen (secondary N) is 1. The number of aryl methyl sites for hydroxylation is 1. The van der Waals surface area contributed by atoms with E-state index >= 15 is 0 Å². The van der Waals surface area contributed by atoms with Crippen molar-refractivity contribution in [1.29, 1.82) is 0 Å². The third-order valence-corrected chi connectivity index (χ3v) is 6.04. The topological polar surface area (TPSA) is 58.9 Å². The molecule has 0 aromatic carbocycles. The molecule has 4 heterocycles. The first-order chi connectivity index (χ1) is 11.3. The van der Waals surface area contributed by atoms with Crippen molar-refractivity contribution in [1.82, 2.24) is 30.0 Å². The van der Waals surface area contributed by atoms with Crippen molar-refractivity contribution in [3.05, 3.63) is 27.7 Å². The van der Waals surface area contributed by atoms with Crippen LogP contribution in [0.15, 0.2) is 6.20 Å². The van der Waals surface area contributed by atoms with Gasteiger partial charge in [0.15, 0.2) is 0 Å². The van der Waals surface area contributed by atoms with Crippen LogP contribution in [0, 0.1) is 0 Å². The molecule has 2 aliphatic heterocycles. The number of rotatable bonds is 4. The number of aromatic nitrogens is 4. The first-order valence-electron chi connectivity index (χ1n) is 8.62. The maximum atomic E-state index is 4.55. The molecule has 4 rings (SSSR count). The number of halogens is 1. The van der Waals surface area contributed by atoms with Gasteiger partial charge in [0.05, 0.1) is 13.1 Å². The Morgan fingerprint density at radius 2 is 2.08 bits per heavy atom. The van der Waals surface area contributed by atoms with E-state index in [9.17, 15) is 0 Å². The van der Waals surface area contributed by atoms with Crippen molar-refractivity contribution in [3.63, 3.8) is 0 Å². The summed E-state index contributed by atoms with van der Waals surface area (Å²) in [4.78, 5) is 8.47. The van der Waals surface area contributed by atoms with Crippen LogP contribution in [0.5, 0.6) is 0 Å². The Balaban J connectivity index is 0.00000169. The molecule has 0 aliphatic carbocycles. The van der Waals surface area contributed by atoms with Crippen LogP contribution in [0.3, 0.4) is 0 Å². The smallest absolute Gasteiger partial charge is 0.147 e. The molecule has 24 heavy (non-hydrogen) atoms. The molecule has 2 aromatic heterocycles. The molecule has 6 nitrogen and oxygen atoms in total. The third kappa shape index (κ3) is 3.64. The maximum absolute atomic E-state index is 4.55. The molecular weight excluding hydrogens is 344 g/mol. The molecule has 0 spiro atoms. The second-order valence-corrected chi connectivity index (χ2v) is 7.63. The van der Waals surface area contributed by atoms with Gasteiger partial charge in [0.2, 0.25) is 0 Å². The number of likely N-dealkylation sites (tertiary alicyclic amines) is 1. The molecule has 0 unspecified atom stereocenters. The van der Waals surface area contributed by atoms with Crippen molar-refractivity contribution in [3.8, 4) is 0 Å². The molecule has 1 N–H and O–H groups in total. The summed E-state index contributed by atoms with van der Waals surface area (Å²) in [5.41, 5.74) is 0. The molecule has 2 aliphatic rings. The summed E-state index contributed by atoms with van der Waals surface area (Å²) in [6.45, 7) is 8.35. The van der Waals surface area contributed by atoms with Crippen molar-refractivity contribution >= 4 is 23.7 Å². The molecule has 1 saturated heterocycles. The van der Waals surface area contributed by atoms with Crippen LogP contribution in [0.4, 0.5) is 0 Å². The molecule has 2 aromatic rings. The minimum absolute atomic E-state index is 0. The Morgan fingerprint density at radius 3 is 2.83 bits per heavy atom. The SMILES string of the molecule is CCc1cnc(CN2CCC(c3nnc4n3CCNC4)CC2)s1.Cl. The lowest BCUT2D eigenvalue weighted by Crippen LogP contribution is -2.34. The fourth-order valence-electron chi connectivity index (χ4n) is 3.54. The van der Waals surface area contributed by atoms with Gasteiger partial charge >= 0.3 is 0 Å². The lowest BCUT2D eigenvalue weighted by molar-refractivity contribution is 0.199. The van der Waals surface area contributed by atoms with Gasteiger partial charge in [-0.1, -0.05) is 6.92 Å². The standard InChI is InChI=1S/C16H24N6S.ClH/c1-2-13-9-18-15(23-13)11-21-6-3-12(4-7-21)16-20-19-14-10-17-5-8-22(14)16;/h9,12,17H,2-8,10-11H2,1H3;1H. The van der Waals surface area contributed by atoms with Gasteiger partial charge in [0.25, 0.3) is 0 Å². The predicted molar refractivity (Wildman–Crippen MR) is 97.7 cm³/mol. The van der Waals surface area contributed by atoms with Crippen molar-refractivity contribution in [2.75, 3.05) is 19.6 Å². The van der Waals surface area contributed by atoms with Crippen LogP contribution in [0.2, 0.25) is 0 Å². The van der Waals surface area contributed by atoms with Crippen LogP contribution in [-0.4, -0.2) is 44.3 Å². The van der Waals surface area contributed by atoms with Gasteiger partial charge in [-0.3, -0.25) is 4.90 Å². The predicted octanol–water partition coefficient (Wildman–Crippen LogP) is 2.20. The highest BCUT2D eigenvalue weighted by atomic mass is 35.5. The van der Waals surface area contributed by atoms with E-state index in [1.165, 1.54) is 28.6 Å². The van der Waals surface area contributed by atoms with Crippen LogP contribution in [-0.2, 0) is 26.1 Å². The Labute approximate surface area is 153 Å². The highest BCUT2D eigenvalue weighted by Gasteiger charge is 2.27. The Hall–Kier alpha value is -1.02. The number of piperidine rings is 1. The summed E-state index contributed by atoms with van der Waals surface area (Å²) >= 11 is 1.86. The van der Waals surface area contributed by atoms with Gasteiger partial charge in [0.1, 0.15) is 16.7 Å². The number of nitrogens with zero attached hydrogens (tertiary/aromatic N) is 5. The van der Waals surface area contributed by atoms with Crippen LogP contribution < -0.4 is 5.32 Å². The molecule has 0 amide bonds. The number of fused-ring (bicyclic) bond motifs is 1. The minimum Gasteiger partial charge on any atom is -0.312 e. The van der Waals surface area contributed by atoms with E-state index < -0.39 is 0 Å². The summed E-state index contributed by atoms with van der Waals surface area (Å²) in [5, 5.41) is 13.5. The highest BCUT2D eigenvalue weighted by molar-refractivity contribution is 7.11. The van der Waals surface area contributed by atoms with E-state index in [-0.39, 0.29) is 12.4 Å². The van der Waals surface area contributed by atoms with E-state index in [2.05, 4.69) is 36.9 Å². The molecule has 0 radical (unpaired) electrons. The molecule has 0 bridgehead atoms. The van der Waals surface area contributed by atoms with Crippen molar-refractivity contribution in [2.45, 2.75) is 51.7 Å². The first kappa shape index (κ1) is 17.8. The zero-order chi connectivity index (χ0) is 15.6.